The Balaban J connectivity index is 2.22. The SMILES string of the molecule is CSNC1CCC(NC(C)(C)C)CC1. The van der Waals surface area contributed by atoms with Crippen molar-refractivity contribution >= 4 is 11.9 Å². The maximum atomic E-state index is 3.69. The van der Waals surface area contributed by atoms with Gasteiger partial charge in [0.15, 0.2) is 0 Å². The van der Waals surface area contributed by atoms with Gasteiger partial charge in [0, 0.05) is 17.6 Å². The van der Waals surface area contributed by atoms with Crippen LogP contribution in [0.5, 0.6) is 0 Å². The molecule has 84 valence electrons. The third-order valence-corrected chi connectivity index (χ3v) is 3.22. The maximum absolute atomic E-state index is 3.69. The first-order valence-electron chi connectivity index (χ1n) is 5.57. The van der Waals surface area contributed by atoms with Crippen molar-refractivity contribution < 1.29 is 0 Å². The van der Waals surface area contributed by atoms with E-state index in [4.69, 9.17) is 0 Å². The molecule has 1 aliphatic carbocycles. The van der Waals surface area contributed by atoms with E-state index >= 15 is 0 Å². The van der Waals surface area contributed by atoms with E-state index in [1.165, 1.54) is 25.7 Å². The van der Waals surface area contributed by atoms with E-state index in [9.17, 15) is 0 Å². The molecule has 2 N–H and O–H groups in total. The minimum Gasteiger partial charge on any atom is -0.309 e. The Kier molecular flexibility index (Phi) is 4.74. The molecule has 0 saturated heterocycles. The summed E-state index contributed by atoms with van der Waals surface area (Å²) in [6.45, 7) is 6.75. The van der Waals surface area contributed by atoms with Crippen LogP contribution in [0, 0.1) is 0 Å². The zero-order valence-electron chi connectivity index (χ0n) is 9.89. The van der Waals surface area contributed by atoms with Gasteiger partial charge in [-0.25, -0.2) is 0 Å². The fraction of sp³-hybridized carbons (Fsp3) is 1.00. The van der Waals surface area contributed by atoms with Crippen LogP contribution in [0.3, 0.4) is 0 Å². The zero-order chi connectivity index (χ0) is 10.6. The highest BCUT2D eigenvalue weighted by Crippen LogP contribution is 2.21. The van der Waals surface area contributed by atoms with Gasteiger partial charge in [-0.05, 0) is 52.7 Å². The molecule has 1 aliphatic rings. The van der Waals surface area contributed by atoms with E-state index in [1.54, 1.807) is 11.9 Å². The average Bonchev–Trinajstić information content (AvgIpc) is 2.06. The molecule has 2 nitrogen and oxygen atoms in total. The van der Waals surface area contributed by atoms with Gasteiger partial charge in [0.2, 0.25) is 0 Å². The first-order chi connectivity index (χ1) is 6.51. The summed E-state index contributed by atoms with van der Waals surface area (Å²) in [5.41, 5.74) is 0.268. The predicted molar refractivity (Wildman–Crippen MR) is 65.6 cm³/mol. The Labute approximate surface area is 92.7 Å². The fourth-order valence-corrected chi connectivity index (χ4v) is 2.70. The fourth-order valence-electron chi connectivity index (χ4n) is 2.13. The highest BCUT2D eigenvalue weighted by molar-refractivity contribution is 7.96. The van der Waals surface area contributed by atoms with Crippen LogP contribution in [-0.2, 0) is 0 Å². The van der Waals surface area contributed by atoms with Gasteiger partial charge in [0.25, 0.3) is 0 Å². The van der Waals surface area contributed by atoms with Crippen molar-refractivity contribution in [1.29, 1.82) is 0 Å². The molecule has 0 aromatic carbocycles. The van der Waals surface area contributed by atoms with Crippen LogP contribution < -0.4 is 10.0 Å². The number of hydrogen-bond donors (Lipinski definition) is 2. The van der Waals surface area contributed by atoms with Crippen molar-refractivity contribution in [1.82, 2.24) is 10.0 Å². The van der Waals surface area contributed by atoms with Crippen molar-refractivity contribution in [2.45, 2.75) is 64.1 Å². The molecular formula is C11H24N2S. The van der Waals surface area contributed by atoms with Crippen molar-refractivity contribution in [3.63, 3.8) is 0 Å². The predicted octanol–water partition coefficient (Wildman–Crippen LogP) is 2.55. The van der Waals surface area contributed by atoms with Gasteiger partial charge in [-0.3, -0.25) is 4.72 Å². The molecule has 0 radical (unpaired) electrons. The Morgan fingerprint density at radius 3 is 1.93 bits per heavy atom. The molecule has 3 heteroatoms. The van der Waals surface area contributed by atoms with Gasteiger partial charge < -0.3 is 5.32 Å². The molecule has 1 rings (SSSR count). The highest BCUT2D eigenvalue weighted by Gasteiger charge is 2.23. The summed E-state index contributed by atoms with van der Waals surface area (Å²) in [6.07, 6.45) is 7.37. The van der Waals surface area contributed by atoms with Crippen LogP contribution in [0.2, 0.25) is 0 Å². The summed E-state index contributed by atoms with van der Waals surface area (Å²) in [4.78, 5) is 0. The molecule has 0 atom stereocenters. The zero-order valence-corrected chi connectivity index (χ0v) is 10.7. The minimum absolute atomic E-state index is 0.268. The largest absolute Gasteiger partial charge is 0.309 e. The van der Waals surface area contributed by atoms with E-state index in [-0.39, 0.29) is 5.54 Å². The van der Waals surface area contributed by atoms with Gasteiger partial charge in [-0.15, -0.1) is 0 Å². The maximum Gasteiger partial charge on any atom is 0.0172 e. The molecule has 0 heterocycles. The Bertz CT molecular complexity index is 157. The molecule has 0 aromatic heterocycles. The minimum atomic E-state index is 0.268. The van der Waals surface area contributed by atoms with Crippen LogP contribution in [0.1, 0.15) is 46.5 Å². The second-order valence-corrected chi connectivity index (χ2v) is 5.91. The van der Waals surface area contributed by atoms with Crippen molar-refractivity contribution in [2.75, 3.05) is 6.26 Å². The van der Waals surface area contributed by atoms with Crippen LogP contribution in [0.15, 0.2) is 0 Å². The third kappa shape index (κ3) is 4.67. The Morgan fingerprint density at radius 2 is 1.50 bits per heavy atom. The molecule has 0 spiro atoms. The lowest BCUT2D eigenvalue weighted by molar-refractivity contribution is 0.275. The topological polar surface area (TPSA) is 24.1 Å². The lowest BCUT2D eigenvalue weighted by Gasteiger charge is -2.34. The lowest BCUT2D eigenvalue weighted by atomic mass is 9.90. The summed E-state index contributed by atoms with van der Waals surface area (Å²) in [6, 6.07) is 1.47. The molecule has 1 saturated carbocycles. The quantitative estimate of drug-likeness (QED) is 0.709. The van der Waals surface area contributed by atoms with Crippen LogP contribution in [0.4, 0.5) is 0 Å². The van der Waals surface area contributed by atoms with E-state index in [0.717, 1.165) is 12.1 Å². The average molecular weight is 216 g/mol. The van der Waals surface area contributed by atoms with Crippen molar-refractivity contribution in [3.05, 3.63) is 0 Å². The summed E-state index contributed by atoms with van der Waals surface area (Å²) in [5, 5.41) is 3.69. The number of nitrogens with one attached hydrogen (secondary N) is 2. The molecule has 0 unspecified atom stereocenters. The molecule has 1 fully saturated rings. The first-order valence-corrected chi connectivity index (χ1v) is 6.80. The van der Waals surface area contributed by atoms with Gasteiger partial charge in [0.05, 0.1) is 0 Å². The molecule has 0 amide bonds. The summed E-state index contributed by atoms with van der Waals surface area (Å²) in [7, 11) is 0. The van der Waals surface area contributed by atoms with Crippen molar-refractivity contribution in [3.8, 4) is 0 Å². The van der Waals surface area contributed by atoms with Crippen LogP contribution in [0.25, 0.3) is 0 Å². The number of hydrogen-bond acceptors (Lipinski definition) is 3. The van der Waals surface area contributed by atoms with E-state index in [2.05, 4.69) is 37.1 Å². The first kappa shape index (κ1) is 12.3. The number of rotatable bonds is 3. The third-order valence-electron chi connectivity index (χ3n) is 2.65. The van der Waals surface area contributed by atoms with Crippen LogP contribution >= 0.6 is 11.9 Å². The molecule has 0 bridgehead atoms. The Morgan fingerprint density at radius 1 is 1.00 bits per heavy atom. The molecule has 0 aliphatic heterocycles. The molecule has 14 heavy (non-hydrogen) atoms. The summed E-state index contributed by atoms with van der Waals surface area (Å²) in [5.74, 6) is 0. The highest BCUT2D eigenvalue weighted by atomic mass is 32.2. The molecule has 0 aromatic rings. The van der Waals surface area contributed by atoms with Gasteiger partial charge >= 0.3 is 0 Å². The second kappa shape index (κ2) is 5.38. The standard InChI is InChI=1S/C11H24N2S/c1-11(2,3)12-9-5-7-10(8-6-9)13-14-4/h9-10,12-13H,5-8H2,1-4H3. The molecular weight excluding hydrogens is 192 g/mol. The van der Waals surface area contributed by atoms with E-state index in [0.29, 0.717) is 0 Å². The van der Waals surface area contributed by atoms with Crippen molar-refractivity contribution in [2.24, 2.45) is 0 Å². The van der Waals surface area contributed by atoms with Gasteiger partial charge in [-0.1, -0.05) is 11.9 Å². The Hall–Kier alpha value is 0.270. The second-order valence-electron chi connectivity index (χ2n) is 5.26. The van der Waals surface area contributed by atoms with Gasteiger partial charge in [0.1, 0.15) is 0 Å². The normalized spacial score (nSPS) is 29.1. The monoisotopic (exact) mass is 216 g/mol. The summed E-state index contributed by atoms with van der Waals surface area (Å²) >= 11 is 1.75. The smallest absolute Gasteiger partial charge is 0.0172 e. The van der Waals surface area contributed by atoms with Gasteiger partial charge in [-0.2, -0.15) is 0 Å². The van der Waals surface area contributed by atoms with E-state index < -0.39 is 0 Å². The van der Waals surface area contributed by atoms with Crippen LogP contribution in [-0.4, -0.2) is 23.9 Å². The van der Waals surface area contributed by atoms with E-state index in [1.807, 2.05) is 0 Å². The lowest BCUT2D eigenvalue weighted by Crippen LogP contribution is -2.46. The summed E-state index contributed by atoms with van der Waals surface area (Å²) < 4.78 is 3.46.